The largest absolute Gasteiger partial charge is 0.456 e. The molecule has 0 saturated heterocycles. The maximum absolute atomic E-state index is 9.67. The number of para-hydroxylation sites is 1. The van der Waals surface area contributed by atoms with Crippen LogP contribution in [0.3, 0.4) is 0 Å². The van der Waals surface area contributed by atoms with Crippen molar-refractivity contribution in [2.75, 3.05) is 0 Å². The monoisotopic (exact) mass is 693 g/mol. The molecule has 0 aliphatic heterocycles. The van der Waals surface area contributed by atoms with Crippen LogP contribution in [0, 0.1) is 0 Å². The number of hydrogen-bond acceptors (Lipinski definition) is 6. The highest BCUT2D eigenvalue weighted by molar-refractivity contribution is 7.27. The third kappa shape index (κ3) is 4.54. The minimum atomic E-state index is -0.274. The molecule has 11 rings (SSSR count). The molecule has 6 heteroatoms. The van der Waals surface area contributed by atoms with E-state index in [0.29, 0.717) is 48.7 Å². The van der Waals surface area contributed by atoms with E-state index in [4.69, 9.17) is 22.1 Å². The molecule has 0 aliphatic rings. The molecular weight excluding hydrogens is 663 g/mol. The summed E-state index contributed by atoms with van der Waals surface area (Å²) in [7, 11) is 0. The lowest BCUT2D eigenvalue weighted by atomic mass is 9.98. The number of rotatable bonds is 4. The zero-order valence-electron chi connectivity index (χ0n) is 32.5. The van der Waals surface area contributed by atoms with Gasteiger partial charge in [0, 0.05) is 73.4 Å². The number of furan rings is 1. The number of hydrogen-bond donors (Lipinski definition) is 0. The highest BCUT2D eigenvalue weighted by atomic mass is 32.1. The van der Waals surface area contributed by atoms with Crippen LogP contribution < -0.4 is 0 Å². The van der Waals surface area contributed by atoms with Crippen molar-refractivity contribution in [2.45, 2.75) is 0 Å². The van der Waals surface area contributed by atoms with Gasteiger partial charge < -0.3 is 4.42 Å². The second-order valence-electron chi connectivity index (χ2n) is 12.3. The van der Waals surface area contributed by atoms with Gasteiger partial charge in [0.2, 0.25) is 0 Å². The highest BCUT2D eigenvalue weighted by Gasteiger charge is 2.18. The van der Waals surface area contributed by atoms with E-state index in [-0.39, 0.29) is 53.0 Å². The van der Waals surface area contributed by atoms with Crippen molar-refractivity contribution in [1.82, 2.24) is 15.0 Å². The molecule has 4 nitrogen and oxygen atoms in total. The molecule has 7 aromatic carbocycles. The summed E-state index contributed by atoms with van der Waals surface area (Å²) < 4.78 is 65.0. The Balaban J connectivity index is 1.18. The molecule has 0 unspecified atom stereocenters. The normalized spacial score (nSPS) is 13.6. The first-order chi connectivity index (χ1) is 27.8. The summed E-state index contributed by atoms with van der Waals surface area (Å²) in [5, 5.41) is 4.46. The van der Waals surface area contributed by atoms with E-state index in [1.54, 1.807) is 11.3 Å². The molecule has 0 saturated carbocycles. The van der Waals surface area contributed by atoms with E-state index >= 15 is 0 Å². The van der Waals surface area contributed by atoms with Crippen LogP contribution in [-0.4, -0.2) is 15.0 Å². The maximum atomic E-state index is 9.67. The Kier molecular flexibility index (Phi) is 5.08. The van der Waals surface area contributed by atoms with Gasteiger partial charge in [0.15, 0.2) is 17.5 Å². The fraction of sp³-hybridized carbons (Fsp3) is 0. The van der Waals surface area contributed by atoms with E-state index in [1.165, 1.54) is 11.3 Å². The maximum Gasteiger partial charge on any atom is 0.164 e. The Hall–Kier alpha value is -6.21. The average Bonchev–Trinajstić information content (AvgIpc) is 3.94. The lowest BCUT2D eigenvalue weighted by Gasteiger charge is -2.08. The van der Waals surface area contributed by atoms with Crippen molar-refractivity contribution in [3.05, 3.63) is 152 Å². The quantitative estimate of drug-likeness (QED) is 0.184. The van der Waals surface area contributed by atoms with Gasteiger partial charge in [-0.15, -0.1) is 22.7 Å². The molecule has 0 atom stereocenters. The van der Waals surface area contributed by atoms with Gasteiger partial charge in [-0.2, -0.15) is 0 Å². The SMILES string of the molecule is [2H]c1c([2H])c([2H])c2c(sc3c([2H])c(-c4nc(-c5ccccc5)nc(-c5ccc6c(c5)oc5ccccc56)n4)c([2H])c([2H])c32)c1-c1cccc2sc3ccccc3c12. The Morgan fingerprint density at radius 2 is 1.22 bits per heavy atom. The number of thiophene rings is 2. The zero-order valence-corrected chi connectivity index (χ0v) is 28.2. The van der Waals surface area contributed by atoms with Crippen LogP contribution in [0.5, 0.6) is 0 Å². The fourth-order valence-corrected chi connectivity index (χ4v) is 9.16. The molecule has 0 fully saturated rings. The summed E-state index contributed by atoms with van der Waals surface area (Å²) in [4.78, 5) is 14.6. The van der Waals surface area contributed by atoms with E-state index in [1.807, 2.05) is 109 Å². The molecule has 0 radical (unpaired) electrons. The van der Waals surface area contributed by atoms with Gasteiger partial charge in [-0.3, -0.25) is 0 Å². The van der Waals surface area contributed by atoms with Crippen LogP contribution in [0.2, 0.25) is 0 Å². The minimum absolute atomic E-state index is 0.0564. The fourth-order valence-electron chi connectivity index (χ4n) is 6.90. The number of benzene rings is 7. The summed E-state index contributed by atoms with van der Waals surface area (Å²) in [5.74, 6) is 0.716. The predicted octanol–water partition coefficient (Wildman–Crippen LogP) is 13.2. The van der Waals surface area contributed by atoms with Crippen LogP contribution in [-0.2, 0) is 0 Å². The summed E-state index contributed by atoms with van der Waals surface area (Å²) in [6, 6.07) is 35.9. The molecule has 0 spiro atoms. The summed E-state index contributed by atoms with van der Waals surface area (Å²) >= 11 is 2.86. The van der Waals surface area contributed by atoms with E-state index in [0.717, 1.165) is 42.1 Å². The van der Waals surface area contributed by atoms with Crippen molar-refractivity contribution < 1.29 is 12.6 Å². The smallest absolute Gasteiger partial charge is 0.164 e. The topological polar surface area (TPSA) is 51.8 Å². The molecule has 0 N–H and O–H groups in total. The Labute approximate surface area is 308 Å². The zero-order chi connectivity index (χ0) is 38.7. The van der Waals surface area contributed by atoms with Gasteiger partial charge in [0.25, 0.3) is 0 Å². The average molecular weight is 694 g/mol. The standard InChI is InChI=1S/C45H25N3OS2/c1-2-10-26(11-3-1)43-46-44(27-20-22-30-29-12-4-6-17-36(29)49-37(30)24-27)48-45(47-43)28-21-23-31-33-15-8-16-34(42(33)51-40(31)25-28)32-14-9-19-39-41(32)35-13-5-7-18-38(35)50-39/h1-25H/i8D,15D,16D,21D,23D,25D. The van der Waals surface area contributed by atoms with Crippen LogP contribution in [0.1, 0.15) is 8.22 Å². The third-order valence-corrected chi connectivity index (χ3v) is 11.5. The lowest BCUT2D eigenvalue weighted by molar-refractivity contribution is 0.669. The first-order valence-electron chi connectivity index (χ1n) is 19.4. The predicted molar refractivity (Wildman–Crippen MR) is 215 cm³/mol. The molecule has 238 valence electrons. The molecule has 51 heavy (non-hydrogen) atoms. The first-order valence-corrected chi connectivity index (χ1v) is 18.0. The molecule has 0 aliphatic carbocycles. The first kappa shape index (κ1) is 23.2. The molecule has 0 amide bonds. The number of fused-ring (bicyclic) bond motifs is 9. The minimum Gasteiger partial charge on any atom is -0.456 e. The van der Waals surface area contributed by atoms with Crippen LogP contribution in [0.4, 0.5) is 0 Å². The van der Waals surface area contributed by atoms with Gasteiger partial charge in [0.05, 0.1) is 8.22 Å². The highest BCUT2D eigenvalue weighted by Crippen LogP contribution is 2.45. The van der Waals surface area contributed by atoms with Gasteiger partial charge >= 0.3 is 0 Å². The van der Waals surface area contributed by atoms with Crippen LogP contribution >= 0.6 is 22.7 Å². The Morgan fingerprint density at radius 1 is 0.471 bits per heavy atom. The third-order valence-electron chi connectivity index (χ3n) is 9.26. The molecule has 4 aromatic heterocycles. The van der Waals surface area contributed by atoms with E-state index in [2.05, 4.69) is 6.07 Å². The van der Waals surface area contributed by atoms with Gasteiger partial charge in [-0.1, -0.05) is 115 Å². The Bertz CT molecular complexity index is 3510. The second kappa shape index (κ2) is 11.2. The van der Waals surface area contributed by atoms with E-state index in [9.17, 15) is 5.48 Å². The van der Waals surface area contributed by atoms with Gasteiger partial charge in [0.1, 0.15) is 11.2 Å². The van der Waals surface area contributed by atoms with Crippen molar-refractivity contribution in [2.24, 2.45) is 0 Å². The molecule has 4 heterocycles. The van der Waals surface area contributed by atoms with Crippen molar-refractivity contribution in [3.8, 4) is 45.3 Å². The second-order valence-corrected chi connectivity index (χ2v) is 14.4. The lowest BCUT2D eigenvalue weighted by Crippen LogP contribution is -2.00. The van der Waals surface area contributed by atoms with Crippen molar-refractivity contribution in [3.63, 3.8) is 0 Å². The van der Waals surface area contributed by atoms with Crippen LogP contribution in [0.15, 0.2) is 156 Å². The molecule has 11 aromatic rings. The van der Waals surface area contributed by atoms with Gasteiger partial charge in [-0.25, -0.2) is 15.0 Å². The van der Waals surface area contributed by atoms with Crippen molar-refractivity contribution in [1.29, 1.82) is 0 Å². The molecular formula is C45H25N3OS2. The Morgan fingerprint density at radius 3 is 2.12 bits per heavy atom. The number of nitrogens with zero attached hydrogens (tertiary/aromatic N) is 3. The summed E-state index contributed by atoms with van der Waals surface area (Å²) in [6.07, 6.45) is 0. The molecule has 0 bridgehead atoms. The van der Waals surface area contributed by atoms with Crippen LogP contribution in [0.25, 0.3) is 108 Å². The van der Waals surface area contributed by atoms with Gasteiger partial charge in [-0.05, 0) is 41.9 Å². The van der Waals surface area contributed by atoms with Crippen molar-refractivity contribution >= 4 is 85.0 Å². The number of aromatic nitrogens is 3. The summed E-state index contributed by atoms with van der Waals surface area (Å²) in [5.41, 5.74) is 4.07. The summed E-state index contributed by atoms with van der Waals surface area (Å²) in [6.45, 7) is 0. The van der Waals surface area contributed by atoms with E-state index < -0.39 is 0 Å².